The highest BCUT2D eigenvalue weighted by molar-refractivity contribution is 7.80. The molecule has 0 aliphatic rings. The number of pyridine rings is 1. The van der Waals surface area contributed by atoms with E-state index < -0.39 is 7.92 Å². The van der Waals surface area contributed by atoms with Gasteiger partial charge in [-0.05, 0) is 86.5 Å². The summed E-state index contributed by atoms with van der Waals surface area (Å²) >= 11 is 0. The first-order chi connectivity index (χ1) is 22.8. The van der Waals surface area contributed by atoms with Crippen molar-refractivity contribution in [2.75, 3.05) is 0 Å². The van der Waals surface area contributed by atoms with Gasteiger partial charge in [-0.2, -0.15) is 0 Å². The van der Waals surface area contributed by atoms with Crippen LogP contribution in [0, 0.1) is 0 Å². The van der Waals surface area contributed by atoms with Gasteiger partial charge in [0.2, 0.25) is 0 Å². The summed E-state index contributed by atoms with van der Waals surface area (Å²) in [6.07, 6.45) is 0. The van der Waals surface area contributed by atoms with Crippen molar-refractivity contribution in [3.8, 4) is 0 Å². The van der Waals surface area contributed by atoms with E-state index in [0.29, 0.717) is 0 Å². The molecule has 8 aromatic carbocycles. The second-order valence-electron chi connectivity index (χ2n) is 12.0. The quantitative estimate of drug-likeness (QED) is 0.145. The second-order valence-corrected chi connectivity index (χ2v) is 14.2. The Morgan fingerprint density at radius 3 is 1.91 bits per heavy atom. The van der Waals surface area contributed by atoms with Crippen LogP contribution in [0.4, 0.5) is 0 Å². The maximum absolute atomic E-state index is 5.22. The number of nitrogens with zero attached hydrogens (tertiary/aromatic N) is 2. The van der Waals surface area contributed by atoms with Gasteiger partial charge in [0, 0.05) is 16.2 Å². The molecule has 0 aliphatic carbocycles. The summed E-state index contributed by atoms with van der Waals surface area (Å²) in [5, 5.41) is 15.5. The van der Waals surface area contributed by atoms with E-state index in [2.05, 4.69) is 168 Å². The summed E-state index contributed by atoms with van der Waals surface area (Å²) in [6, 6.07) is 60.3. The van der Waals surface area contributed by atoms with Gasteiger partial charge in [-0.25, -0.2) is 4.98 Å². The zero-order valence-corrected chi connectivity index (χ0v) is 25.8. The Kier molecular flexibility index (Phi) is 5.58. The Labute approximate surface area is 266 Å². The van der Waals surface area contributed by atoms with Crippen molar-refractivity contribution in [2.24, 2.45) is 0 Å². The monoisotopic (exact) mass is 602 g/mol. The van der Waals surface area contributed by atoms with Crippen LogP contribution in [0.2, 0.25) is 0 Å². The minimum Gasteiger partial charge on any atom is -0.292 e. The highest BCUT2D eigenvalue weighted by Crippen LogP contribution is 2.41. The molecule has 1 atom stereocenters. The number of para-hydroxylation sites is 3. The highest BCUT2D eigenvalue weighted by Gasteiger charge is 2.23. The van der Waals surface area contributed by atoms with Crippen molar-refractivity contribution in [2.45, 2.75) is 0 Å². The highest BCUT2D eigenvalue weighted by atomic mass is 31.1. The summed E-state index contributed by atoms with van der Waals surface area (Å²) in [5.41, 5.74) is 4.35. The van der Waals surface area contributed by atoms with E-state index in [1.807, 2.05) is 0 Å². The number of fused-ring (bicyclic) bond motifs is 12. The Bertz CT molecular complexity index is 2830. The molecule has 0 saturated carbocycles. The maximum atomic E-state index is 5.22. The molecule has 0 N–H and O–H groups in total. The fourth-order valence-electron chi connectivity index (χ4n) is 7.41. The SMILES string of the molecule is c1ccc2cc(P(c3ccc4c(ccc5ccccc54)c3)c3cccc4c3c3ccccc3n3c5ccccc5nc43)ccc2c1. The van der Waals surface area contributed by atoms with Crippen LogP contribution in [0.5, 0.6) is 0 Å². The lowest BCUT2D eigenvalue weighted by molar-refractivity contribution is 1.32. The lowest BCUT2D eigenvalue weighted by Gasteiger charge is -2.23. The molecule has 1 unspecified atom stereocenters. The minimum absolute atomic E-state index is 0.925. The van der Waals surface area contributed by atoms with Gasteiger partial charge in [-0.3, -0.25) is 4.40 Å². The molecule has 0 radical (unpaired) electrons. The van der Waals surface area contributed by atoms with Gasteiger partial charge in [0.1, 0.15) is 5.65 Å². The van der Waals surface area contributed by atoms with Crippen LogP contribution in [-0.4, -0.2) is 9.38 Å². The molecule has 46 heavy (non-hydrogen) atoms. The average Bonchev–Trinajstić information content (AvgIpc) is 3.52. The van der Waals surface area contributed by atoms with Crippen molar-refractivity contribution in [3.63, 3.8) is 0 Å². The van der Waals surface area contributed by atoms with Crippen LogP contribution in [0.25, 0.3) is 70.7 Å². The van der Waals surface area contributed by atoms with Gasteiger partial charge in [-0.1, -0.05) is 133 Å². The molecule has 10 rings (SSSR count). The zero-order valence-electron chi connectivity index (χ0n) is 24.9. The lowest BCUT2D eigenvalue weighted by Crippen LogP contribution is -2.21. The summed E-state index contributed by atoms with van der Waals surface area (Å²) in [5.74, 6) is 0. The van der Waals surface area contributed by atoms with Gasteiger partial charge in [0.15, 0.2) is 0 Å². The van der Waals surface area contributed by atoms with E-state index in [-0.39, 0.29) is 0 Å². The van der Waals surface area contributed by atoms with Crippen molar-refractivity contribution < 1.29 is 0 Å². The van der Waals surface area contributed by atoms with Crippen LogP contribution in [0.15, 0.2) is 164 Å². The normalized spacial score (nSPS) is 12.7. The first kappa shape index (κ1) is 25.7. The molecule has 0 fully saturated rings. The fraction of sp³-hybridized carbons (Fsp3) is 0. The van der Waals surface area contributed by atoms with E-state index in [0.717, 1.165) is 16.7 Å². The fourth-order valence-corrected chi connectivity index (χ4v) is 9.95. The third-order valence-electron chi connectivity index (χ3n) is 9.48. The Hall–Kier alpha value is -5.56. The molecule has 0 bridgehead atoms. The topological polar surface area (TPSA) is 17.3 Å². The van der Waals surface area contributed by atoms with Crippen molar-refractivity contribution in [1.29, 1.82) is 0 Å². The van der Waals surface area contributed by atoms with Crippen LogP contribution < -0.4 is 15.9 Å². The molecule has 0 saturated heterocycles. The van der Waals surface area contributed by atoms with Gasteiger partial charge >= 0.3 is 0 Å². The number of hydrogen-bond donors (Lipinski definition) is 0. The number of aromatic nitrogens is 2. The Morgan fingerprint density at radius 1 is 0.413 bits per heavy atom. The van der Waals surface area contributed by atoms with E-state index in [9.17, 15) is 0 Å². The third-order valence-corrected chi connectivity index (χ3v) is 11.9. The Morgan fingerprint density at radius 2 is 1.02 bits per heavy atom. The zero-order chi connectivity index (χ0) is 30.2. The number of hydrogen-bond acceptors (Lipinski definition) is 1. The summed E-state index contributed by atoms with van der Waals surface area (Å²) in [6.45, 7) is 0. The molecule has 3 heteroatoms. The van der Waals surface area contributed by atoms with Gasteiger partial charge in [-0.15, -0.1) is 0 Å². The molecule has 2 nitrogen and oxygen atoms in total. The van der Waals surface area contributed by atoms with Crippen LogP contribution in [0.1, 0.15) is 0 Å². The van der Waals surface area contributed by atoms with E-state index in [1.54, 1.807) is 0 Å². The predicted octanol–water partition coefficient (Wildman–Crippen LogP) is 10.0. The minimum atomic E-state index is -0.925. The predicted molar refractivity (Wildman–Crippen MR) is 199 cm³/mol. The van der Waals surface area contributed by atoms with Crippen molar-refractivity contribution in [1.82, 2.24) is 9.38 Å². The molecule has 0 aliphatic heterocycles. The molecule has 10 aromatic rings. The van der Waals surface area contributed by atoms with Crippen LogP contribution in [-0.2, 0) is 0 Å². The number of rotatable bonds is 3. The molecule has 2 aromatic heterocycles. The van der Waals surface area contributed by atoms with E-state index in [1.165, 1.54) is 69.9 Å². The van der Waals surface area contributed by atoms with E-state index in [4.69, 9.17) is 4.98 Å². The molecule has 2 heterocycles. The standard InChI is InChI=1S/C43H27N2P/c1-2-12-30-26-32(23-22-28(30)10-1)46(33-24-25-35-31(27-33)21-20-29-11-3-4-13-34(29)35)41-19-9-15-37-42(41)36-14-5-7-17-39(36)45-40-18-8-6-16-38(40)44-43(37)45/h1-27H. The first-order valence-corrected chi connectivity index (χ1v) is 17.1. The summed E-state index contributed by atoms with van der Waals surface area (Å²) < 4.78 is 2.34. The Balaban J connectivity index is 1.32. The second kappa shape index (κ2) is 9.97. The van der Waals surface area contributed by atoms with Gasteiger partial charge in [0.25, 0.3) is 0 Å². The summed E-state index contributed by atoms with van der Waals surface area (Å²) in [7, 11) is -0.925. The third kappa shape index (κ3) is 3.78. The number of benzene rings is 8. The number of imidazole rings is 1. The smallest absolute Gasteiger partial charge is 0.146 e. The van der Waals surface area contributed by atoms with Gasteiger partial charge < -0.3 is 0 Å². The molecule has 0 spiro atoms. The molecule has 214 valence electrons. The lowest BCUT2D eigenvalue weighted by atomic mass is 10.0. The van der Waals surface area contributed by atoms with E-state index >= 15 is 0 Å². The molecule has 0 amide bonds. The largest absolute Gasteiger partial charge is 0.292 e. The average molecular weight is 603 g/mol. The summed E-state index contributed by atoms with van der Waals surface area (Å²) in [4.78, 5) is 5.22. The molecular formula is C43H27N2P. The maximum Gasteiger partial charge on any atom is 0.146 e. The van der Waals surface area contributed by atoms with Crippen LogP contribution >= 0.6 is 7.92 Å². The van der Waals surface area contributed by atoms with Crippen LogP contribution in [0.3, 0.4) is 0 Å². The van der Waals surface area contributed by atoms with Gasteiger partial charge in [0.05, 0.1) is 16.6 Å². The first-order valence-electron chi connectivity index (χ1n) is 15.7. The van der Waals surface area contributed by atoms with Crippen molar-refractivity contribution in [3.05, 3.63) is 164 Å². The van der Waals surface area contributed by atoms with Crippen molar-refractivity contribution >= 4 is 94.5 Å². The molecular weight excluding hydrogens is 575 g/mol.